The molecule has 0 N–H and O–H groups in total. The maximum atomic E-state index is 4.27. The van der Waals surface area contributed by atoms with Crippen LogP contribution >= 0.6 is 15.9 Å². The Morgan fingerprint density at radius 3 is 1.80 bits per heavy atom. The molecule has 1 aliphatic heterocycles. The lowest BCUT2D eigenvalue weighted by molar-refractivity contribution is 0.949. The quantitative estimate of drug-likeness (QED) is 0.686. The predicted octanol–water partition coefficient (Wildman–Crippen LogP) is 5.46. The van der Waals surface area contributed by atoms with Gasteiger partial charge in [-0.3, -0.25) is 0 Å². The Kier molecular flexibility index (Phi) is 4.11. The SMILES string of the molecule is Brc1ccc(N=Nc2ccc(N3CCCC3)cc2)cc1. The molecule has 0 bridgehead atoms. The molecular weight excluding hydrogens is 314 g/mol. The van der Waals surface area contributed by atoms with Gasteiger partial charge in [-0.25, -0.2) is 0 Å². The van der Waals surface area contributed by atoms with E-state index in [1.54, 1.807) is 0 Å². The first-order chi connectivity index (χ1) is 9.81. The number of azo groups is 1. The van der Waals surface area contributed by atoms with Crippen LogP contribution in [0.3, 0.4) is 0 Å². The van der Waals surface area contributed by atoms with E-state index in [1.165, 1.54) is 31.6 Å². The van der Waals surface area contributed by atoms with E-state index in [2.05, 4.69) is 43.2 Å². The standard InChI is InChI=1S/C16H16BrN3/c17-13-3-5-14(6-4-13)18-19-15-7-9-16(10-8-15)20-11-1-2-12-20/h3-10H,1-2,11-12H2. The van der Waals surface area contributed by atoms with E-state index in [4.69, 9.17) is 0 Å². The Morgan fingerprint density at radius 2 is 1.25 bits per heavy atom. The third-order valence-electron chi connectivity index (χ3n) is 3.43. The van der Waals surface area contributed by atoms with Crippen molar-refractivity contribution in [2.24, 2.45) is 10.2 Å². The van der Waals surface area contributed by atoms with Crippen LogP contribution < -0.4 is 4.90 Å². The third kappa shape index (κ3) is 3.25. The van der Waals surface area contributed by atoms with Crippen LogP contribution in [0.5, 0.6) is 0 Å². The molecule has 0 unspecified atom stereocenters. The minimum Gasteiger partial charge on any atom is -0.372 e. The molecule has 2 aromatic rings. The van der Waals surface area contributed by atoms with Crippen LogP contribution in [0.25, 0.3) is 0 Å². The molecule has 0 spiro atoms. The van der Waals surface area contributed by atoms with Crippen molar-refractivity contribution in [3.05, 3.63) is 53.0 Å². The van der Waals surface area contributed by atoms with Gasteiger partial charge in [0.15, 0.2) is 0 Å². The van der Waals surface area contributed by atoms with E-state index >= 15 is 0 Å². The van der Waals surface area contributed by atoms with Gasteiger partial charge in [0, 0.05) is 23.2 Å². The zero-order valence-electron chi connectivity index (χ0n) is 11.2. The second-order valence-electron chi connectivity index (χ2n) is 4.89. The topological polar surface area (TPSA) is 28.0 Å². The molecule has 4 heteroatoms. The van der Waals surface area contributed by atoms with Gasteiger partial charge in [0.25, 0.3) is 0 Å². The molecule has 20 heavy (non-hydrogen) atoms. The lowest BCUT2D eigenvalue weighted by Gasteiger charge is -2.17. The van der Waals surface area contributed by atoms with Gasteiger partial charge in [-0.05, 0) is 61.4 Å². The Balaban J connectivity index is 1.69. The summed E-state index contributed by atoms with van der Waals surface area (Å²) in [5.41, 5.74) is 3.03. The fourth-order valence-electron chi connectivity index (χ4n) is 2.33. The first kappa shape index (κ1) is 13.3. The lowest BCUT2D eigenvalue weighted by Crippen LogP contribution is -2.17. The van der Waals surface area contributed by atoms with Crippen molar-refractivity contribution in [3.63, 3.8) is 0 Å². The van der Waals surface area contributed by atoms with Crippen LogP contribution in [-0.2, 0) is 0 Å². The first-order valence-corrected chi connectivity index (χ1v) is 7.63. The molecule has 0 radical (unpaired) electrons. The zero-order valence-corrected chi connectivity index (χ0v) is 12.8. The van der Waals surface area contributed by atoms with E-state index in [0.717, 1.165) is 15.8 Å². The highest BCUT2D eigenvalue weighted by Crippen LogP contribution is 2.25. The van der Waals surface area contributed by atoms with Crippen LogP contribution in [0.2, 0.25) is 0 Å². The monoisotopic (exact) mass is 329 g/mol. The molecule has 1 aliphatic rings. The Hall–Kier alpha value is -1.68. The van der Waals surface area contributed by atoms with Gasteiger partial charge in [-0.1, -0.05) is 15.9 Å². The maximum Gasteiger partial charge on any atom is 0.0858 e. The lowest BCUT2D eigenvalue weighted by atomic mass is 10.2. The summed E-state index contributed by atoms with van der Waals surface area (Å²) in [5, 5.41) is 8.50. The summed E-state index contributed by atoms with van der Waals surface area (Å²) in [4.78, 5) is 2.41. The molecule has 1 fully saturated rings. The molecule has 0 aliphatic carbocycles. The van der Waals surface area contributed by atoms with Crippen molar-refractivity contribution in [3.8, 4) is 0 Å². The van der Waals surface area contributed by atoms with Crippen molar-refractivity contribution in [1.82, 2.24) is 0 Å². The highest BCUT2D eigenvalue weighted by atomic mass is 79.9. The molecule has 2 aromatic carbocycles. The predicted molar refractivity (Wildman–Crippen MR) is 86.2 cm³/mol. The molecule has 3 rings (SSSR count). The fraction of sp³-hybridized carbons (Fsp3) is 0.250. The summed E-state index contributed by atoms with van der Waals surface area (Å²) >= 11 is 3.40. The second kappa shape index (κ2) is 6.18. The van der Waals surface area contributed by atoms with E-state index in [-0.39, 0.29) is 0 Å². The van der Waals surface area contributed by atoms with Crippen molar-refractivity contribution in [2.75, 3.05) is 18.0 Å². The van der Waals surface area contributed by atoms with E-state index in [9.17, 15) is 0 Å². The summed E-state index contributed by atoms with van der Waals surface area (Å²) in [5.74, 6) is 0. The Morgan fingerprint density at radius 1 is 0.750 bits per heavy atom. The van der Waals surface area contributed by atoms with Gasteiger partial charge in [0.2, 0.25) is 0 Å². The van der Waals surface area contributed by atoms with E-state index < -0.39 is 0 Å². The minimum absolute atomic E-state index is 0.858. The molecule has 3 nitrogen and oxygen atoms in total. The van der Waals surface area contributed by atoms with Crippen LogP contribution in [0.15, 0.2) is 63.2 Å². The van der Waals surface area contributed by atoms with E-state index in [0.29, 0.717) is 0 Å². The molecule has 0 amide bonds. The average molecular weight is 330 g/mol. The van der Waals surface area contributed by atoms with Crippen molar-refractivity contribution < 1.29 is 0 Å². The molecule has 0 atom stereocenters. The van der Waals surface area contributed by atoms with Crippen LogP contribution in [0, 0.1) is 0 Å². The number of hydrogen-bond acceptors (Lipinski definition) is 3. The summed E-state index contributed by atoms with van der Waals surface area (Å²) in [6, 6.07) is 16.1. The van der Waals surface area contributed by atoms with Gasteiger partial charge >= 0.3 is 0 Å². The van der Waals surface area contributed by atoms with Crippen molar-refractivity contribution >= 4 is 33.0 Å². The zero-order chi connectivity index (χ0) is 13.8. The molecule has 0 aromatic heterocycles. The Bertz CT molecular complexity index is 584. The summed E-state index contributed by atoms with van der Waals surface area (Å²) in [7, 11) is 0. The van der Waals surface area contributed by atoms with Crippen LogP contribution in [0.4, 0.5) is 17.1 Å². The first-order valence-electron chi connectivity index (χ1n) is 6.83. The molecule has 0 saturated carbocycles. The summed E-state index contributed by atoms with van der Waals surface area (Å²) in [6.07, 6.45) is 2.59. The minimum atomic E-state index is 0.858. The fourth-order valence-corrected chi connectivity index (χ4v) is 2.59. The summed E-state index contributed by atoms with van der Waals surface area (Å²) < 4.78 is 1.05. The maximum absolute atomic E-state index is 4.27. The highest BCUT2D eigenvalue weighted by Gasteiger charge is 2.11. The van der Waals surface area contributed by atoms with Gasteiger partial charge in [-0.15, -0.1) is 0 Å². The molecule has 102 valence electrons. The van der Waals surface area contributed by atoms with Gasteiger partial charge < -0.3 is 4.90 Å². The summed E-state index contributed by atoms with van der Waals surface area (Å²) in [6.45, 7) is 2.33. The number of halogens is 1. The molecule has 1 heterocycles. The molecule has 1 saturated heterocycles. The normalized spacial score (nSPS) is 15.2. The largest absolute Gasteiger partial charge is 0.372 e. The van der Waals surface area contributed by atoms with Crippen LogP contribution in [-0.4, -0.2) is 13.1 Å². The molecular formula is C16H16BrN3. The van der Waals surface area contributed by atoms with Crippen molar-refractivity contribution in [1.29, 1.82) is 0 Å². The smallest absolute Gasteiger partial charge is 0.0858 e. The van der Waals surface area contributed by atoms with Gasteiger partial charge in [0.05, 0.1) is 11.4 Å². The van der Waals surface area contributed by atoms with Crippen molar-refractivity contribution in [2.45, 2.75) is 12.8 Å². The number of anilines is 1. The average Bonchev–Trinajstić information content (AvgIpc) is 3.01. The third-order valence-corrected chi connectivity index (χ3v) is 3.96. The number of rotatable bonds is 3. The van der Waals surface area contributed by atoms with Gasteiger partial charge in [0.1, 0.15) is 0 Å². The second-order valence-corrected chi connectivity index (χ2v) is 5.80. The number of benzene rings is 2. The number of hydrogen-bond donors (Lipinski definition) is 0. The number of nitrogens with zero attached hydrogens (tertiary/aromatic N) is 3. The van der Waals surface area contributed by atoms with Gasteiger partial charge in [-0.2, -0.15) is 10.2 Å². The highest BCUT2D eigenvalue weighted by molar-refractivity contribution is 9.10. The van der Waals surface area contributed by atoms with Crippen LogP contribution in [0.1, 0.15) is 12.8 Å². The van der Waals surface area contributed by atoms with E-state index in [1.807, 2.05) is 36.4 Å². The Labute approximate surface area is 127 Å².